The molecule has 0 bridgehead atoms. The van der Waals surface area contributed by atoms with Crippen molar-refractivity contribution >= 4 is 66.7 Å². The van der Waals surface area contributed by atoms with Crippen molar-refractivity contribution in [3.05, 3.63) is 62.5 Å². The second-order valence-electron chi connectivity index (χ2n) is 8.53. The van der Waals surface area contributed by atoms with Gasteiger partial charge in [0.15, 0.2) is 0 Å². The Hall–Kier alpha value is -1.81. The van der Waals surface area contributed by atoms with Crippen LogP contribution in [0.15, 0.2) is 46.9 Å². The molecule has 0 saturated carbocycles. The highest BCUT2D eigenvalue weighted by molar-refractivity contribution is 9.10. The maximum absolute atomic E-state index is 13.7. The lowest BCUT2D eigenvalue weighted by Crippen LogP contribution is -2.52. The van der Waals surface area contributed by atoms with Crippen LogP contribution in [0.25, 0.3) is 0 Å². The number of benzene rings is 2. The first-order chi connectivity index (χ1) is 16.3. The zero-order chi connectivity index (χ0) is 26.3. The first-order valence-corrected chi connectivity index (χ1v) is 14.5. The molecule has 0 aliphatic rings. The summed E-state index contributed by atoms with van der Waals surface area (Å²) in [5.74, 6) is -0.662. The van der Waals surface area contributed by atoms with E-state index in [0.717, 1.165) is 15.0 Å². The lowest BCUT2D eigenvalue weighted by atomic mass is 10.1. The fourth-order valence-corrected chi connectivity index (χ4v) is 5.05. The molecule has 1 atom stereocenters. The predicted octanol–water partition coefficient (Wildman–Crippen LogP) is 5.10. The molecule has 7 nitrogen and oxygen atoms in total. The molecule has 1 N–H and O–H groups in total. The molecular formula is C24H30BrCl2N3O4S. The SMILES string of the molecule is CC[C@H](C(=O)NCC(C)C)N(Cc1c(Cl)cccc1Cl)C(=O)CN(c1ccc(Br)cc1)S(C)(=O)=O. The minimum atomic E-state index is -3.80. The third-order valence-electron chi connectivity index (χ3n) is 5.25. The number of hydrogen-bond acceptors (Lipinski definition) is 4. The summed E-state index contributed by atoms with van der Waals surface area (Å²) in [7, 11) is -3.80. The molecule has 0 saturated heterocycles. The van der Waals surface area contributed by atoms with Crippen LogP contribution in [0.5, 0.6) is 0 Å². The summed E-state index contributed by atoms with van der Waals surface area (Å²) in [6.07, 6.45) is 1.35. The first-order valence-electron chi connectivity index (χ1n) is 11.1. The monoisotopic (exact) mass is 605 g/mol. The second kappa shape index (κ2) is 12.9. The number of halogens is 3. The van der Waals surface area contributed by atoms with Crippen LogP contribution in [0, 0.1) is 5.92 Å². The van der Waals surface area contributed by atoms with Crippen LogP contribution in [0.3, 0.4) is 0 Å². The molecule has 2 aromatic carbocycles. The summed E-state index contributed by atoms with van der Waals surface area (Å²) in [5.41, 5.74) is 0.811. The number of rotatable bonds is 11. The van der Waals surface area contributed by atoms with E-state index in [1.54, 1.807) is 49.4 Å². The molecule has 0 aromatic heterocycles. The lowest BCUT2D eigenvalue weighted by Gasteiger charge is -2.33. The molecule has 0 aliphatic heterocycles. The summed E-state index contributed by atoms with van der Waals surface area (Å²) in [6, 6.07) is 10.7. The topological polar surface area (TPSA) is 86.8 Å². The third kappa shape index (κ3) is 8.37. The van der Waals surface area contributed by atoms with Gasteiger partial charge in [-0.2, -0.15) is 0 Å². The molecule has 0 spiro atoms. The molecular weight excluding hydrogens is 577 g/mol. The van der Waals surface area contributed by atoms with E-state index in [0.29, 0.717) is 34.3 Å². The number of carbonyl (C=O) groups excluding carboxylic acids is 2. The molecule has 0 radical (unpaired) electrons. The summed E-state index contributed by atoms with van der Waals surface area (Å²) >= 11 is 16.1. The smallest absolute Gasteiger partial charge is 0.244 e. The van der Waals surface area contributed by atoms with E-state index in [9.17, 15) is 18.0 Å². The van der Waals surface area contributed by atoms with Crippen LogP contribution in [-0.4, -0.2) is 50.5 Å². The van der Waals surface area contributed by atoms with Gasteiger partial charge in [-0.3, -0.25) is 13.9 Å². The normalized spacial score (nSPS) is 12.3. The Morgan fingerprint density at radius 2 is 1.63 bits per heavy atom. The summed E-state index contributed by atoms with van der Waals surface area (Å²) in [4.78, 5) is 28.1. The van der Waals surface area contributed by atoms with Crippen LogP contribution in [0.4, 0.5) is 5.69 Å². The molecule has 0 aliphatic carbocycles. The number of sulfonamides is 1. The quantitative estimate of drug-likeness (QED) is 0.385. The van der Waals surface area contributed by atoms with Crippen LogP contribution < -0.4 is 9.62 Å². The minimum Gasteiger partial charge on any atom is -0.354 e. The predicted molar refractivity (Wildman–Crippen MR) is 145 cm³/mol. The summed E-state index contributed by atoms with van der Waals surface area (Å²) in [5, 5.41) is 3.56. The summed E-state index contributed by atoms with van der Waals surface area (Å²) in [6.45, 7) is 5.63. The van der Waals surface area contributed by atoms with E-state index in [1.807, 2.05) is 13.8 Å². The molecule has 11 heteroatoms. The number of nitrogens with one attached hydrogen (secondary N) is 1. The van der Waals surface area contributed by atoms with E-state index < -0.39 is 28.5 Å². The molecule has 0 unspecified atom stereocenters. The second-order valence-corrected chi connectivity index (χ2v) is 12.2. The average molecular weight is 607 g/mol. The van der Waals surface area contributed by atoms with Crippen LogP contribution in [-0.2, 0) is 26.2 Å². The highest BCUT2D eigenvalue weighted by Crippen LogP contribution is 2.28. The fraction of sp³-hybridized carbons (Fsp3) is 0.417. The lowest BCUT2D eigenvalue weighted by molar-refractivity contribution is -0.140. The Balaban J connectivity index is 2.47. The molecule has 2 rings (SSSR count). The Morgan fingerprint density at radius 1 is 1.06 bits per heavy atom. The van der Waals surface area contributed by atoms with Gasteiger partial charge in [-0.1, -0.05) is 66.0 Å². The van der Waals surface area contributed by atoms with Gasteiger partial charge in [0.1, 0.15) is 12.6 Å². The van der Waals surface area contributed by atoms with Crippen LogP contribution >= 0.6 is 39.1 Å². The standard InChI is InChI=1S/C24H30BrCl2N3O4S/c1-5-22(24(32)28-13-16(2)3)29(14-19-20(26)7-6-8-21(19)27)23(31)15-30(35(4,33)34)18-11-9-17(25)10-12-18/h6-12,16,22H,5,13-15H2,1-4H3,(H,28,32)/t22-/m1/s1. The van der Waals surface area contributed by atoms with Crippen LogP contribution in [0.2, 0.25) is 10.0 Å². The third-order valence-corrected chi connectivity index (χ3v) is 7.63. The van der Waals surface area contributed by atoms with Crippen molar-refractivity contribution in [3.8, 4) is 0 Å². The Kier molecular flexibility index (Phi) is 10.9. The number of anilines is 1. The van der Waals surface area contributed by atoms with Gasteiger partial charge in [0.2, 0.25) is 21.8 Å². The summed E-state index contributed by atoms with van der Waals surface area (Å²) < 4.78 is 27.0. The fourth-order valence-electron chi connectivity index (χ4n) is 3.42. The van der Waals surface area contributed by atoms with Gasteiger partial charge >= 0.3 is 0 Å². The van der Waals surface area contributed by atoms with Crippen LogP contribution in [0.1, 0.15) is 32.8 Å². The first kappa shape index (κ1) is 29.4. The van der Waals surface area contributed by atoms with Gasteiger partial charge in [-0.05, 0) is 48.7 Å². The Morgan fingerprint density at radius 3 is 2.11 bits per heavy atom. The number of nitrogens with zero attached hydrogens (tertiary/aromatic N) is 2. The molecule has 0 heterocycles. The van der Waals surface area contributed by atoms with Crippen molar-refractivity contribution in [3.63, 3.8) is 0 Å². The van der Waals surface area contributed by atoms with Gasteiger partial charge in [-0.15, -0.1) is 0 Å². The number of carbonyl (C=O) groups is 2. The van der Waals surface area contributed by atoms with Crippen molar-refractivity contribution in [2.45, 2.75) is 39.8 Å². The van der Waals surface area contributed by atoms with Crippen molar-refractivity contribution in [2.75, 3.05) is 23.7 Å². The molecule has 0 fully saturated rings. The van der Waals surface area contributed by atoms with Crippen molar-refractivity contribution in [1.82, 2.24) is 10.2 Å². The number of amides is 2. The average Bonchev–Trinajstić information content (AvgIpc) is 2.77. The highest BCUT2D eigenvalue weighted by atomic mass is 79.9. The molecule has 2 amide bonds. The maximum atomic E-state index is 13.7. The maximum Gasteiger partial charge on any atom is 0.244 e. The highest BCUT2D eigenvalue weighted by Gasteiger charge is 2.32. The minimum absolute atomic E-state index is 0.0527. The Labute approximate surface area is 225 Å². The van der Waals surface area contributed by atoms with E-state index in [4.69, 9.17) is 23.2 Å². The van der Waals surface area contributed by atoms with Crippen molar-refractivity contribution < 1.29 is 18.0 Å². The van der Waals surface area contributed by atoms with E-state index >= 15 is 0 Å². The van der Waals surface area contributed by atoms with Gasteiger partial charge in [0.25, 0.3) is 0 Å². The molecule has 2 aromatic rings. The zero-order valence-electron chi connectivity index (χ0n) is 20.1. The van der Waals surface area contributed by atoms with Gasteiger partial charge < -0.3 is 10.2 Å². The van der Waals surface area contributed by atoms with Crippen molar-refractivity contribution in [1.29, 1.82) is 0 Å². The molecule has 35 heavy (non-hydrogen) atoms. The van der Waals surface area contributed by atoms with E-state index in [-0.39, 0.29) is 18.4 Å². The number of hydrogen-bond donors (Lipinski definition) is 1. The Bertz CT molecular complexity index is 1120. The van der Waals surface area contributed by atoms with E-state index in [2.05, 4.69) is 21.2 Å². The van der Waals surface area contributed by atoms with E-state index in [1.165, 1.54) is 4.90 Å². The zero-order valence-corrected chi connectivity index (χ0v) is 24.0. The van der Waals surface area contributed by atoms with Gasteiger partial charge in [0.05, 0.1) is 11.9 Å². The van der Waals surface area contributed by atoms with Gasteiger partial charge in [0, 0.05) is 33.2 Å². The largest absolute Gasteiger partial charge is 0.354 e. The van der Waals surface area contributed by atoms with Gasteiger partial charge in [-0.25, -0.2) is 8.42 Å². The molecule has 192 valence electrons. The van der Waals surface area contributed by atoms with Crippen molar-refractivity contribution in [2.24, 2.45) is 5.92 Å².